The van der Waals surface area contributed by atoms with E-state index in [0.29, 0.717) is 16.8 Å². The average Bonchev–Trinajstić information content (AvgIpc) is 2.94. The maximum atomic E-state index is 12.1. The van der Waals surface area contributed by atoms with Gasteiger partial charge in [-0.25, -0.2) is 4.68 Å². The maximum absolute atomic E-state index is 12.1. The van der Waals surface area contributed by atoms with E-state index < -0.39 is 0 Å². The van der Waals surface area contributed by atoms with Crippen molar-refractivity contribution in [2.24, 2.45) is 7.05 Å². The Labute approximate surface area is 126 Å². The number of aromatic amines is 1. The molecule has 2 N–H and O–H groups in total. The van der Waals surface area contributed by atoms with Crippen LogP contribution in [0.3, 0.4) is 0 Å². The summed E-state index contributed by atoms with van der Waals surface area (Å²) in [4.78, 5) is 19.4. The number of aromatic nitrogens is 4. The monoisotopic (exact) mass is 303 g/mol. The van der Waals surface area contributed by atoms with Crippen LogP contribution in [-0.4, -0.2) is 25.7 Å². The van der Waals surface area contributed by atoms with Crippen molar-refractivity contribution in [3.05, 3.63) is 40.8 Å². The first-order valence-electron chi connectivity index (χ1n) is 6.46. The molecule has 1 aromatic carbocycles. The molecule has 2 aromatic heterocycles. The minimum Gasteiger partial charge on any atom is -0.361 e. The minimum atomic E-state index is -0.147. The Bertz CT molecular complexity index is 820. The number of nitrogens with one attached hydrogen (secondary N) is 2. The molecule has 0 saturated carbocycles. The van der Waals surface area contributed by atoms with Crippen molar-refractivity contribution in [1.82, 2.24) is 19.7 Å². The largest absolute Gasteiger partial charge is 0.361 e. The van der Waals surface area contributed by atoms with Crippen LogP contribution in [0.4, 0.5) is 5.95 Å². The number of hydrogen-bond acceptors (Lipinski definition) is 3. The summed E-state index contributed by atoms with van der Waals surface area (Å²) in [6, 6.07) is 5.56. The van der Waals surface area contributed by atoms with Gasteiger partial charge in [0.25, 0.3) is 0 Å². The smallest absolute Gasteiger partial charge is 0.231 e. The number of benzene rings is 1. The summed E-state index contributed by atoms with van der Waals surface area (Å²) in [5.41, 5.74) is 1.85. The number of rotatable bonds is 3. The standard InChI is InChI=1S/C14H14ClN5O/c1-8-17-14(20(2)19-8)18-13(21)5-9-7-16-12-4-3-10(15)6-11(9)12/h3-4,6-7,16H,5H2,1-2H3,(H,17,18,19,21). The number of hydrogen-bond donors (Lipinski definition) is 2. The first-order valence-corrected chi connectivity index (χ1v) is 6.84. The molecule has 3 aromatic rings. The van der Waals surface area contributed by atoms with Crippen molar-refractivity contribution in [2.45, 2.75) is 13.3 Å². The molecule has 0 aliphatic rings. The zero-order valence-corrected chi connectivity index (χ0v) is 12.4. The van der Waals surface area contributed by atoms with Gasteiger partial charge in [0.1, 0.15) is 5.82 Å². The van der Waals surface area contributed by atoms with Crippen LogP contribution < -0.4 is 5.32 Å². The Hall–Kier alpha value is -2.34. The van der Waals surface area contributed by atoms with Crippen molar-refractivity contribution < 1.29 is 4.79 Å². The minimum absolute atomic E-state index is 0.147. The van der Waals surface area contributed by atoms with E-state index >= 15 is 0 Å². The van der Waals surface area contributed by atoms with Crippen LogP contribution in [-0.2, 0) is 18.3 Å². The molecule has 108 valence electrons. The van der Waals surface area contributed by atoms with E-state index in [1.54, 1.807) is 18.7 Å². The molecule has 0 spiro atoms. The average molecular weight is 304 g/mol. The highest BCUT2D eigenvalue weighted by Gasteiger charge is 2.12. The molecule has 0 aliphatic carbocycles. The predicted molar refractivity (Wildman–Crippen MR) is 81.4 cm³/mol. The molecule has 0 saturated heterocycles. The lowest BCUT2D eigenvalue weighted by Crippen LogP contribution is -2.17. The number of fused-ring (bicyclic) bond motifs is 1. The fraction of sp³-hybridized carbons (Fsp3) is 0.214. The second-order valence-corrected chi connectivity index (χ2v) is 5.27. The second-order valence-electron chi connectivity index (χ2n) is 4.84. The van der Waals surface area contributed by atoms with E-state index in [9.17, 15) is 4.79 Å². The van der Waals surface area contributed by atoms with Crippen LogP contribution in [0, 0.1) is 6.92 Å². The van der Waals surface area contributed by atoms with Crippen LogP contribution in [0.2, 0.25) is 5.02 Å². The quantitative estimate of drug-likeness (QED) is 0.780. The lowest BCUT2D eigenvalue weighted by molar-refractivity contribution is -0.115. The number of nitrogens with zero attached hydrogens (tertiary/aromatic N) is 3. The third-order valence-electron chi connectivity index (χ3n) is 3.20. The number of halogens is 1. The Morgan fingerprint density at radius 1 is 1.48 bits per heavy atom. The molecule has 21 heavy (non-hydrogen) atoms. The van der Waals surface area contributed by atoms with Gasteiger partial charge in [0.05, 0.1) is 6.42 Å². The summed E-state index contributed by atoms with van der Waals surface area (Å²) < 4.78 is 1.54. The van der Waals surface area contributed by atoms with Gasteiger partial charge in [-0.2, -0.15) is 10.1 Å². The van der Waals surface area contributed by atoms with Crippen LogP contribution in [0.1, 0.15) is 11.4 Å². The number of amides is 1. The van der Waals surface area contributed by atoms with Gasteiger partial charge in [-0.3, -0.25) is 10.1 Å². The first kappa shape index (κ1) is 13.6. The molecule has 0 aliphatic heterocycles. The van der Waals surface area contributed by atoms with Gasteiger partial charge < -0.3 is 4.98 Å². The van der Waals surface area contributed by atoms with Crippen LogP contribution >= 0.6 is 11.6 Å². The summed E-state index contributed by atoms with van der Waals surface area (Å²) in [6.07, 6.45) is 2.06. The first-order chi connectivity index (χ1) is 10.0. The van der Waals surface area contributed by atoms with Gasteiger partial charge in [0, 0.05) is 29.2 Å². The highest BCUT2D eigenvalue weighted by molar-refractivity contribution is 6.31. The van der Waals surface area contributed by atoms with E-state index in [1.807, 2.05) is 24.4 Å². The fourth-order valence-corrected chi connectivity index (χ4v) is 2.43. The number of anilines is 1. The lowest BCUT2D eigenvalue weighted by Gasteiger charge is -2.03. The zero-order valence-electron chi connectivity index (χ0n) is 11.6. The van der Waals surface area contributed by atoms with Crippen LogP contribution in [0.25, 0.3) is 10.9 Å². The number of carbonyl (C=O) groups is 1. The Balaban J connectivity index is 1.80. The molecule has 1 amide bonds. The van der Waals surface area contributed by atoms with Gasteiger partial charge in [-0.1, -0.05) is 11.6 Å². The number of carbonyl (C=O) groups excluding carboxylic acids is 1. The van der Waals surface area contributed by atoms with E-state index in [4.69, 9.17) is 11.6 Å². The van der Waals surface area contributed by atoms with E-state index in [2.05, 4.69) is 20.4 Å². The Kier molecular flexibility index (Phi) is 3.39. The molecular formula is C14H14ClN5O. The summed E-state index contributed by atoms with van der Waals surface area (Å²) in [6.45, 7) is 1.78. The molecule has 3 rings (SSSR count). The molecule has 0 atom stereocenters. The van der Waals surface area contributed by atoms with Gasteiger partial charge in [0.2, 0.25) is 11.9 Å². The van der Waals surface area contributed by atoms with E-state index in [-0.39, 0.29) is 12.3 Å². The third-order valence-corrected chi connectivity index (χ3v) is 3.44. The number of aryl methyl sites for hydroxylation is 2. The fourth-order valence-electron chi connectivity index (χ4n) is 2.26. The summed E-state index contributed by atoms with van der Waals surface area (Å²) in [5, 5.41) is 8.44. The van der Waals surface area contributed by atoms with Crippen LogP contribution in [0.15, 0.2) is 24.4 Å². The SMILES string of the molecule is Cc1nc(NC(=O)Cc2c[nH]c3ccc(Cl)cc23)n(C)n1. The van der Waals surface area contributed by atoms with Gasteiger partial charge >= 0.3 is 0 Å². The van der Waals surface area contributed by atoms with Crippen molar-refractivity contribution in [1.29, 1.82) is 0 Å². The van der Waals surface area contributed by atoms with Crippen LogP contribution in [0.5, 0.6) is 0 Å². The Morgan fingerprint density at radius 2 is 2.29 bits per heavy atom. The van der Waals surface area contributed by atoms with E-state index in [0.717, 1.165) is 16.5 Å². The highest BCUT2D eigenvalue weighted by atomic mass is 35.5. The predicted octanol–water partition coefficient (Wildman–Crippen LogP) is 2.44. The lowest BCUT2D eigenvalue weighted by atomic mass is 10.1. The van der Waals surface area contributed by atoms with Gasteiger partial charge in [-0.15, -0.1) is 0 Å². The maximum Gasteiger partial charge on any atom is 0.231 e. The topological polar surface area (TPSA) is 75.6 Å². The summed E-state index contributed by atoms with van der Waals surface area (Å²) in [5.74, 6) is 0.911. The van der Waals surface area contributed by atoms with Crippen molar-refractivity contribution in [2.75, 3.05) is 5.32 Å². The summed E-state index contributed by atoms with van der Waals surface area (Å²) >= 11 is 6.00. The van der Waals surface area contributed by atoms with E-state index in [1.165, 1.54) is 0 Å². The van der Waals surface area contributed by atoms with Gasteiger partial charge in [0.15, 0.2) is 0 Å². The molecule has 0 radical (unpaired) electrons. The summed E-state index contributed by atoms with van der Waals surface area (Å²) in [7, 11) is 1.74. The number of H-pyrrole nitrogens is 1. The van der Waals surface area contributed by atoms with Crippen molar-refractivity contribution >= 4 is 34.4 Å². The molecule has 0 unspecified atom stereocenters. The van der Waals surface area contributed by atoms with Gasteiger partial charge in [-0.05, 0) is 30.7 Å². The molecular weight excluding hydrogens is 290 g/mol. The molecule has 7 heteroatoms. The second kappa shape index (κ2) is 5.21. The molecule has 6 nitrogen and oxygen atoms in total. The highest BCUT2D eigenvalue weighted by Crippen LogP contribution is 2.22. The molecule has 0 fully saturated rings. The Morgan fingerprint density at radius 3 is 3.00 bits per heavy atom. The zero-order chi connectivity index (χ0) is 15.0. The van der Waals surface area contributed by atoms with Crippen molar-refractivity contribution in [3.8, 4) is 0 Å². The normalized spacial score (nSPS) is 11.0. The van der Waals surface area contributed by atoms with Crippen molar-refractivity contribution in [3.63, 3.8) is 0 Å². The third kappa shape index (κ3) is 2.75. The molecule has 0 bridgehead atoms. The molecule has 2 heterocycles.